The molecule has 1 aliphatic rings. The number of amides is 1. The standard InChI is InChI=1S/C18H19ClN2O5/c1-25-15-5-10-3-4-21(18(24)13-6-11(19)9-20-13)14(8-17(22)23)12(10)7-16(15)26-2/h5-7,9,14,20H,3-4,8H2,1-2H3,(H,22,23)/t14-/m1/s1. The number of hydrogen-bond acceptors (Lipinski definition) is 4. The Bertz CT molecular complexity index is 848. The molecular weight excluding hydrogens is 360 g/mol. The molecule has 1 atom stereocenters. The van der Waals surface area contributed by atoms with Crippen LogP contribution in [0.3, 0.4) is 0 Å². The average molecular weight is 379 g/mol. The Hall–Kier alpha value is -2.67. The minimum Gasteiger partial charge on any atom is -0.493 e. The van der Waals surface area contributed by atoms with E-state index in [4.69, 9.17) is 21.1 Å². The highest BCUT2D eigenvalue weighted by atomic mass is 35.5. The maximum atomic E-state index is 12.9. The number of rotatable bonds is 5. The van der Waals surface area contributed by atoms with E-state index in [0.717, 1.165) is 11.1 Å². The van der Waals surface area contributed by atoms with Gasteiger partial charge < -0.3 is 24.5 Å². The molecule has 26 heavy (non-hydrogen) atoms. The van der Waals surface area contributed by atoms with Crippen LogP contribution >= 0.6 is 11.6 Å². The van der Waals surface area contributed by atoms with Crippen molar-refractivity contribution in [1.29, 1.82) is 0 Å². The summed E-state index contributed by atoms with van der Waals surface area (Å²) in [5, 5.41) is 9.79. The molecule has 7 nitrogen and oxygen atoms in total. The quantitative estimate of drug-likeness (QED) is 0.834. The van der Waals surface area contributed by atoms with Gasteiger partial charge in [-0.15, -0.1) is 0 Å². The molecule has 1 amide bonds. The molecule has 1 aromatic heterocycles. The molecule has 138 valence electrons. The smallest absolute Gasteiger partial charge is 0.305 e. The first-order chi connectivity index (χ1) is 12.4. The molecule has 0 unspecified atom stereocenters. The van der Waals surface area contributed by atoms with Gasteiger partial charge in [-0.05, 0) is 35.7 Å². The second kappa shape index (κ2) is 7.29. The maximum absolute atomic E-state index is 12.9. The van der Waals surface area contributed by atoms with Crippen molar-refractivity contribution in [3.63, 3.8) is 0 Å². The molecule has 0 aliphatic carbocycles. The van der Waals surface area contributed by atoms with Crippen LogP contribution in [-0.4, -0.2) is 47.6 Å². The molecule has 0 fully saturated rings. The fraction of sp³-hybridized carbons (Fsp3) is 0.333. The summed E-state index contributed by atoms with van der Waals surface area (Å²) in [5.74, 6) is -0.196. The number of aliphatic carboxylic acids is 1. The molecule has 0 radical (unpaired) electrons. The Labute approximate surface area is 155 Å². The van der Waals surface area contributed by atoms with Gasteiger partial charge in [-0.1, -0.05) is 11.6 Å². The Morgan fingerprint density at radius 1 is 1.27 bits per heavy atom. The summed E-state index contributed by atoms with van der Waals surface area (Å²) in [6.07, 6.45) is 1.90. The molecule has 0 spiro atoms. The lowest BCUT2D eigenvalue weighted by Gasteiger charge is -2.37. The number of aromatic amines is 1. The van der Waals surface area contributed by atoms with Crippen molar-refractivity contribution in [3.8, 4) is 11.5 Å². The van der Waals surface area contributed by atoms with Gasteiger partial charge >= 0.3 is 5.97 Å². The zero-order valence-corrected chi connectivity index (χ0v) is 15.2. The van der Waals surface area contributed by atoms with Crippen LogP contribution in [-0.2, 0) is 11.2 Å². The third kappa shape index (κ3) is 3.35. The number of aromatic nitrogens is 1. The summed E-state index contributed by atoms with van der Waals surface area (Å²) in [5.41, 5.74) is 2.03. The molecule has 2 N–H and O–H groups in total. The monoisotopic (exact) mass is 378 g/mol. The van der Waals surface area contributed by atoms with Crippen LogP contribution in [0.25, 0.3) is 0 Å². The van der Waals surface area contributed by atoms with Gasteiger partial charge in [-0.25, -0.2) is 0 Å². The minimum atomic E-state index is -0.986. The molecule has 1 aliphatic heterocycles. The normalized spacial score (nSPS) is 16.1. The van der Waals surface area contributed by atoms with Crippen molar-refractivity contribution in [2.24, 2.45) is 0 Å². The first-order valence-corrected chi connectivity index (χ1v) is 8.44. The van der Waals surface area contributed by atoms with Crippen molar-refractivity contribution >= 4 is 23.5 Å². The molecule has 0 saturated heterocycles. The van der Waals surface area contributed by atoms with Crippen LogP contribution in [0.2, 0.25) is 5.02 Å². The fourth-order valence-corrected chi connectivity index (χ4v) is 3.47. The second-order valence-corrected chi connectivity index (χ2v) is 6.44. The Morgan fingerprint density at radius 2 is 1.96 bits per heavy atom. The number of hydrogen-bond donors (Lipinski definition) is 2. The molecule has 0 bridgehead atoms. The van der Waals surface area contributed by atoms with E-state index in [2.05, 4.69) is 4.98 Å². The SMILES string of the molecule is COc1cc2c(cc1OC)[C@@H](CC(=O)O)N(C(=O)c1cc(Cl)c[nH]1)CC2. The van der Waals surface area contributed by atoms with E-state index >= 15 is 0 Å². The highest BCUT2D eigenvalue weighted by molar-refractivity contribution is 6.30. The van der Waals surface area contributed by atoms with E-state index in [1.165, 1.54) is 19.4 Å². The largest absolute Gasteiger partial charge is 0.493 e. The lowest BCUT2D eigenvalue weighted by Crippen LogP contribution is -2.41. The van der Waals surface area contributed by atoms with Gasteiger partial charge in [-0.2, -0.15) is 0 Å². The van der Waals surface area contributed by atoms with Crippen LogP contribution in [0.15, 0.2) is 24.4 Å². The fourth-order valence-electron chi connectivity index (χ4n) is 3.30. The molecular formula is C18H19ClN2O5. The summed E-state index contributed by atoms with van der Waals surface area (Å²) >= 11 is 5.89. The highest BCUT2D eigenvalue weighted by Gasteiger charge is 2.34. The molecule has 2 aromatic rings. The van der Waals surface area contributed by atoms with Gasteiger partial charge in [0.1, 0.15) is 5.69 Å². The van der Waals surface area contributed by atoms with Gasteiger partial charge in [0.25, 0.3) is 5.91 Å². The third-order valence-electron chi connectivity index (χ3n) is 4.51. The van der Waals surface area contributed by atoms with Gasteiger partial charge in [0.15, 0.2) is 11.5 Å². The highest BCUT2D eigenvalue weighted by Crippen LogP contribution is 2.40. The number of carbonyl (C=O) groups is 2. The van der Waals surface area contributed by atoms with Gasteiger partial charge in [0, 0.05) is 12.7 Å². The zero-order valence-electron chi connectivity index (χ0n) is 14.4. The van der Waals surface area contributed by atoms with E-state index in [0.29, 0.717) is 35.2 Å². The van der Waals surface area contributed by atoms with Gasteiger partial charge in [0.05, 0.1) is 31.7 Å². The van der Waals surface area contributed by atoms with Crippen LogP contribution in [0.5, 0.6) is 11.5 Å². The number of carboxylic acid groups (broad SMARTS) is 1. The lowest BCUT2D eigenvalue weighted by atomic mass is 9.89. The van der Waals surface area contributed by atoms with Gasteiger partial charge in [0.2, 0.25) is 0 Å². The van der Waals surface area contributed by atoms with E-state index in [1.54, 1.807) is 18.1 Å². The number of halogens is 1. The number of H-pyrrole nitrogens is 1. The Morgan fingerprint density at radius 3 is 2.54 bits per heavy atom. The summed E-state index contributed by atoms with van der Waals surface area (Å²) in [4.78, 5) is 28.7. The Balaban J connectivity index is 2.03. The van der Waals surface area contributed by atoms with Crippen molar-refractivity contribution in [2.75, 3.05) is 20.8 Å². The van der Waals surface area contributed by atoms with E-state index in [-0.39, 0.29) is 12.3 Å². The molecule has 0 saturated carbocycles. The number of ether oxygens (including phenoxy) is 2. The topological polar surface area (TPSA) is 91.9 Å². The lowest BCUT2D eigenvalue weighted by molar-refractivity contribution is -0.138. The summed E-state index contributed by atoms with van der Waals surface area (Å²) in [6.45, 7) is 0.399. The van der Waals surface area contributed by atoms with Crippen molar-refractivity contribution in [2.45, 2.75) is 18.9 Å². The molecule has 2 heterocycles. The van der Waals surface area contributed by atoms with Crippen LogP contribution in [0.1, 0.15) is 34.1 Å². The van der Waals surface area contributed by atoms with E-state index in [1.807, 2.05) is 6.07 Å². The first-order valence-electron chi connectivity index (χ1n) is 8.06. The van der Waals surface area contributed by atoms with E-state index in [9.17, 15) is 14.7 Å². The first kappa shape index (κ1) is 18.1. The number of fused-ring (bicyclic) bond motifs is 1. The second-order valence-electron chi connectivity index (χ2n) is 6.00. The number of nitrogens with one attached hydrogen (secondary N) is 1. The van der Waals surface area contributed by atoms with Crippen LogP contribution < -0.4 is 9.47 Å². The number of methoxy groups -OCH3 is 2. The predicted molar refractivity (Wildman–Crippen MR) is 95.1 cm³/mol. The molecule has 1 aromatic carbocycles. The summed E-state index contributed by atoms with van der Waals surface area (Å²) in [7, 11) is 3.07. The van der Waals surface area contributed by atoms with Crippen molar-refractivity contribution in [3.05, 3.63) is 46.2 Å². The van der Waals surface area contributed by atoms with Crippen molar-refractivity contribution in [1.82, 2.24) is 9.88 Å². The summed E-state index contributed by atoms with van der Waals surface area (Å²) < 4.78 is 10.7. The van der Waals surface area contributed by atoms with Crippen molar-refractivity contribution < 1.29 is 24.2 Å². The summed E-state index contributed by atoms with van der Waals surface area (Å²) in [6, 6.07) is 4.52. The zero-order chi connectivity index (χ0) is 18.8. The molecule has 3 rings (SSSR count). The number of carboxylic acids is 1. The predicted octanol–water partition coefficient (Wildman–Crippen LogP) is 2.90. The van der Waals surface area contributed by atoms with Crippen LogP contribution in [0, 0.1) is 0 Å². The van der Waals surface area contributed by atoms with E-state index < -0.39 is 12.0 Å². The Kier molecular flexibility index (Phi) is 5.08. The van der Waals surface area contributed by atoms with Gasteiger partial charge in [-0.3, -0.25) is 9.59 Å². The number of benzene rings is 1. The maximum Gasteiger partial charge on any atom is 0.305 e. The third-order valence-corrected chi connectivity index (χ3v) is 4.73. The number of carbonyl (C=O) groups excluding carboxylic acids is 1. The average Bonchev–Trinajstić information content (AvgIpc) is 3.06. The molecule has 8 heteroatoms. The van der Waals surface area contributed by atoms with Crippen LogP contribution in [0.4, 0.5) is 0 Å². The number of nitrogens with zero attached hydrogens (tertiary/aromatic N) is 1. The minimum absolute atomic E-state index is 0.206.